The third-order valence-corrected chi connectivity index (χ3v) is 4.69. The molecule has 2 rings (SSSR count). The molecule has 0 aromatic carbocycles. The lowest BCUT2D eigenvalue weighted by Crippen LogP contribution is -2.37. The summed E-state index contributed by atoms with van der Waals surface area (Å²) in [5, 5.41) is 8.45. The van der Waals surface area contributed by atoms with Crippen molar-refractivity contribution in [2.24, 2.45) is 5.92 Å². The lowest BCUT2D eigenvalue weighted by molar-refractivity contribution is -0.126. The second kappa shape index (κ2) is 6.90. The lowest BCUT2D eigenvalue weighted by Gasteiger charge is -2.27. The molecule has 18 heavy (non-hydrogen) atoms. The van der Waals surface area contributed by atoms with Crippen LogP contribution in [0, 0.1) is 5.92 Å². The zero-order valence-electron chi connectivity index (χ0n) is 10.9. The molecule has 3 nitrogen and oxygen atoms in total. The summed E-state index contributed by atoms with van der Waals surface area (Å²) >= 11 is 1.75. The van der Waals surface area contributed by atoms with Crippen LogP contribution in [0.25, 0.3) is 0 Å². The largest absolute Gasteiger partial charge is 0.356 e. The van der Waals surface area contributed by atoms with Gasteiger partial charge in [-0.3, -0.25) is 4.79 Å². The standard InChI is InChI=1S/C14H22N2OS/c1-15-12-6-4-11(5-7-12)14(17)16-9-8-13-3-2-10-18-13/h2-3,10-12,15H,4-9H2,1H3,(H,16,17). The van der Waals surface area contributed by atoms with Crippen LogP contribution in [0.3, 0.4) is 0 Å². The van der Waals surface area contributed by atoms with Gasteiger partial charge in [-0.05, 0) is 50.6 Å². The van der Waals surface area contributed by atoms with Gasteiger partial charge in [0.25, 0.3) is 0 Å². The maximum absolute atomic E-state index is 12.0. The number of amides is 1. The molecule has 1 aliphatic rings. The summed E-state index contributed by atoms with van der Waals surface area (Å²) in [5.74, 6) is 0.485. The molecular weight excluding hydrogens is 244 g/mol. The van der Waals surface area contributed by atoms with Crippen molar-refractivity contribution in [3.8, 4) is 0 Å². The van der Waals surface area contributed by atoms with Crippen molar-refractivity contribution in [1.29, 1.82) is 0 Å². The Hall–Kier alpha value is -0.870. The van der Waals surface area contributed by atoms with Gasteiger partial charge in [0.1, 0.15) is 0 Å². The maximum atomic E-state index is 12.0. The molecule has 1 aliphatic carbocycles. The van der Waals surface area contributed by atoms with Crippen LogP contribution in [0.2, 0.25) is 0 Å². The first kappa shape index (κ1) is 13.6. The number of nitrogens with one attached hydrogen (secondary N) is 2. The van der Waals surface area contributed by atoms with E-state index in [0.717, 1.165) is 38.6 Å². The molecule has 1 aromatic rings. The Labute approximate surface area is 113 Å². The van der Waals surface area contributed by atoms with Crippen molar-refractivity contribution < 1.29 is 4.79 Å². The highest BCUT2D eigenvalue weighted by atomic mass is 32.1. The molecule has 4 heteroatoms. The summed E-state index contributed by atoms with van der Waals surface area (Å²) in [7, 11) is 2.01. The fourth-order valence-electron chi connectivity index (χ4n) is 2.55. The predicted molar refractivity (Wildman–Crippen MR) is 75.8 cm³/mol. The molecule has 1 aromatic heterocycles. The number of rotatable bonds is 5. The van der Waals surface area contributed by atoms with Crippen molar-refractivity contribution in [3.63, 3.8) is 0 Å². The molecule has 100 valence electrons. The molecule has 1 amide bonds. The number of hydrogen-bond acceptors (Lipinski definition) is 3. The van der Waals surface area contributed by atoms with Gasteiger partial charge in [-0.15, -0.1) is 11.3 Å². The molecule has 1 heterocycles. The first-order valence-corrected chi connectivity index (χ1v) is 7.65. The van der Waals surface area contributed by atoms with Gasteiger partial charge < -0.3 is 10.6 Å². The highest BCUT2D eigenvalue weighted by Crippen LogP contribution is 2.24. The lowest BCUT2D eigenvalue weighted by atomic mass is 9.85. The molecular formula is C14H22N2OS. The number of carbonyl (C=O) groups is 1. The number of hydrogen-bond donors (Lipinski definition) is 2. The van der Waals surface area contributed by atoms with Crippen molar-refractivity contribution in [2.75, 3.05) is 13.6 Å². The Balaban J connectivity index is 1.66. The fourth-order valence-corrected chi connectivity index (χ4v) is 3.26. The first-order chi connectivity index (χ1) is 8.79. The van der Waals surface area contributed by atoms with Crippen LogP contribution < -0.4 is 10.6 Å². The van der Waals surface area contributed by atoms with Crippen LogP contribution in [0.4, 0.5) is 0 Å². The summed E-state index contributed by atoms with van der Waals surface area (Å²) in [5.41, 5.74) is 0. The van der Waals surface area contributed by atoms with Crippen LogP contribution >= 0.6 is 11.3 Å². The normalized spacial score (nSPS) is 23.8. The highest BCUT2D eigenvalue weighted by molar-refractivity contribution is 7.09. The Morgan fingerprint density at radius 2 is 2.17 bits per heavy atom. The highest BCUT2D eigenvalue weighted by Gasteiger charge is 2.24. The van der Waals surface area contributed by atoms with Crippen LogP contribution in [0.15, 0.2) is 17.5 Å². The second-order valence-electron chi connectivity index (χ2n) is 4.96. The van der Waals surface area contributed by atoms with Crippen molar-refractivity contribution in [2.45, 2.75) is 38.1 Å². The molecule has 0 bridgehead atoms. The topological polar surface area (TPSA) is 41.1 Å². The fraction of sp³-hybridized carbons (Fsp3) is 0.643. The third kappa shape index (κ3) is 3.82. The van der Waals surface area contributed by atoms with Gasteiger partial charge in [0.2, 0.25) is 5.91 Å². The van der Waals surface area contributed by atoms with E-state index in [1.165, 1.54) is 4.88 Å². The van der Waals surface area contributed by atoms with Gasteiger partial charge in [0.15, 0.2) is 0 Å². The van der Waals surface area contributed by atoms with Gasteiger partial charge in [-0.1, -0.05) is 6.07 Å². The molecule has 1 saturated carbocycles. The Morgan fingerprint density at radius 1 is 1.39 bits per heavy atom. The molecule has 0 atom stereocenters. The molecule has 2 N–H and O–H groups in total. The summed E-state index contributed by atoms with van der Waals surface area (Å²) in [6.07, 6.45) is 5.25. The zero-order chi connectivity index (χ0) is 12.8. The van der Waals surface area contributed by atoms with Gasteiger partial charge in [-0.25, -0.2) is 0 Å². The summed E-state index contributed by atoms with van der Waals surface area (Å²) in [6.45, 7) is 0.769. The van der Waals surface area contributed by atoms with Gasteiger partial charge >= 0.3 is 0 Å². The minimum atomic E-state index is 0.234. The zero-order valence-corrected chi connectivity index (χ0v) is 11.8. The van der Waals surface area contributed by atoms with Crippen molar-refractivity contribution in [3.05, 3.63) is 22.4 Å². The molecule has 0 saturated heterocycles. The first-order valence-electron chi connectivity index (χ1n) is 6.77. The molecule has 1 fully saturated rings. The van der Waals surface area contributed by atoms with Crippen LogP contribution in [-0.2, 0) is 11.2 Å². The van der Waals surface area contributed by atoms with E-state index in [4.69, 9.17) is 0 Å². The van der Waals surface area contributed by atoms with E-state index in [0.29, 0.717) is 6.04 Å². The van der Waals surface area contributed by atoms with Crippen LogP contribution in [0.1, 0.15) is 30.6 Å². The summed E-state index contributed by atoms with van der Waals surface area (Å²) in [6, 6.07) is 4.79. The van der Waals surface area contributed by atoms with Crippen molar-refractivity contribution in [1.82, 2.24) is 10.6 Å². The predicted octanol–water partition coefficient (Wildman–Crippen LogP) is 2.18. The van der Waals surface area contributed by atoms with E-state index in [9.17, 15) is 4.79 Å². The monoisotopic (exact) mass is 266 g/mol. The Morgan fingerprint density at radius 3 is 2.78 bits per heavy atom. The van der Waals surface area contributed by atoms with E-state index < -0.39 is 0 Å². The van der Waals surface area contributed by atoms with E-state index in [2.05, 4.69) is 28.1 Å². The minimum Gasteiger partial charge on any atom is -0.356 e. The molecule has 0 radical (unpaired) electrons. The maximum Gasteiger partial charge on any atom is 0.223 e. The van der Waals surface area contributed by atoms with E-state index in [-0.39, 0.29) is 11.8 Å². The average Bonchev–Trinajstić information content (AvgIpc) is 2.92. The van der Waals surface area contributed by atoms with Gasteiger partial charge in [0, 0.05) is 23.4 Å². The Bertz CT molecular complexity index is 356. The van der Waals surface area contributed by atoms with E-state index in [1.54, 1.807) is 11.3 Å². The molecule has 0 unspecified atom stereocenters. The Kier molecular flexibility index (Phi) is 5.20. The number of thiophene rings is 1. The smallest absolute Gasteiger partial charge is 0.223 e. The quantitative estimate of drug-likeness (QED) is 0.857. The SMILES string of the molecule is CNC1CCC(C(=O)NCCc2cccs2)CC1. The molecule has 0 spiro atoms. The average molecular weight is 266 g/mol. The van der Waals surface area contributed by atoms with Crippen LogP contribution in [-0.4, -0.2) is 25.5 Å². The number of carbonyl (C=O) groups excluding carboxylic acids is 1. The van der Waals surface area contributed by atoms with Gasteiger partial charge in [0.05, 0.1) is 0 Å². The minimum absolute atomic E-state index is 0.234. The van der Waals surface area contributed by atoms with Crippen molar-refractivity contribution >= 4 is 17.2 Å². The van der Waals surface area contributed by atoms with E-state index in [1.807, 2.05) is 7.05 Å². The molecule has 0 aliphatic heterocycles. The third-order valence-electron chi connectivity index (χ3n) is 3.76. The van der Waals surface area contributed by atoms with Crippen LogP contribution in [0.5, 0.6) is 0 Å². The summed E-state index contributed by atoms with van der Waals surface area (Å²) in [4.78, 5) is 13.3. The summed E-state index contributed by atoms with van der Waals surface area (Å²) < 4.78 is 0. The van der Waals surface area contributed by atoms with E-state index >= 15 is 0 Å². The van der Waals surface area contributed by atoms with Gasteiger partial charge in [-0.2, -0.15) is 0 Å². The second-order valence-corrected chi connectivity index (χ2v) is 5.99.